The van der Waals surface area contributed by atoms with Gasteiger partial charge in [0.15, 0.2) is 17.5 Å². The molecule has 3 amide bonds. The number of thiocarbonyl (C=S) groups is 1. The molecule has 7 nitrogen and oxygen atoms in total. The lowest BCUT2D eigenvalue weighted by Crippen LogP contribution is -2.51. The maximum Gasteiger partial charge on any atom is 0.263 e. The summed E-state index contributed by atoms with van der Waals surface area (Å²) < 4.78 is 5.43. The van der Waals surface area contributed by atoms with Crippen LogP contribution in [0.2, 0.25) is 20.1 Å². The van der Waals surface area contributed by atoms with Gasteiger partial charge in [0, 0.05) is 5.69 Å². The van der Waals surface area contributed by atoms with Crippen LogP contribution in [0.1, 0.15) is 5.56 Å². The van der Waals surface area contributed by atoms with Crippen molar-refractivity contribution in [3.05, 3.63) is 61.6 Å². The van der Waals surface area contributed by atoms with E-state index in [1.54, 1.807) is 12.1 Å². The number of carbonyl (C=O) groups excluding carboxylic acids is 3. The van der Waals surface area contributed by atoms with E-state index in [2.05, 4.69) is 16.0 Å². The van der Waals surface area contributed by atoms with Gasteiger partial charge in [-0.15, -0.1) is 0 Å². The molecule has 0 aromatic heterocycles. The molecule has 0 bridgehead atoms. The third-order valence-corrected chi connectivity index (χ3v) is 5.33. The fourth-order valence-corrected chi connectivity index (χ4v) is 3.58. The zero-order chi connectivity index (χ0) is 22.7. The molecule has 0 unspecified atom stereocenters. The highest BCUT2D eigenvalue weighted by atomic mass is 35.5. The molecule has 0 aliphatic carbocycles. The summed E-state index contributed by atoms with van der Waals surface area (Å²) in [6, 6.07) is 7.48. The zero-order valence-electron chi connectivity index (χ0n) is 15.2. The van der Waals surface area contributed by atoms with Crippen molar-refractivity contribution in [1.29, 1.82) is 0 Å². The van der Waals surface area contributed by atoms with E-state index in [1.807, 2.05) is 0 Å². The lowest BCUT2D eigenvalue weighted by molar-refractivity contribution is -0.123. The van der Waals surface area contributed by atoms with Crippen molar-refractivity contribution in [3.8, 4) is 5.75 Å². The van der Waals surface area contributed by atoms with E-state index in [4.69, 9.17) is 63.4 Å². The van der Waals surface area contributed by atoms with E-state index in [0.717, 1.165) is 0 Å². The van der Waals surface area contributed by atoms with E-state index in [1.165, 1.54) is 24.3 Å². The summed E-state index contributed by atoms with van der Waals surface area (Å²) >= 11 is 28.9. The Morgan fingerprint density at radius 2 is 1.58 bits per heavy atom. The van der Waals surface area contributed by atoms with Gasteiger partial charge in [-0.25, -0.2) is 0 Å². The highest BCUT2D eigenvalue weighted by Gasteiger charge is 2.26. The first-order chi connectivity index (χ1) is 14.6. The number of amides is 3. The molecule has 2 aromatic rings. The average molecular weight is 519 g/mol. The van der Waals surface area contributed by atoms with Crippen LogP contribution in [-0.2, 0) is 14.4 Å². The average Bonchev–Trinajstić information content (AvgIpc) is 2.67. The monoisotopic (exact) mass is 517 g/mol. The third kappa shape index (κ3) is 5.87. The van der Waals surface area contributed by atoms with Gasteiger partial charge in [0.25, 0.3) is 17.7 Å². The first-order valence-electron chi connectivity index (χ1n) is 8.39. The Labute approximate surface area is 201 Å². The van der Waals surface area contributed by atoms with E-state index >= 15 is 0 Å². The first-order valence-corrected chi connectivity index (χ1v) is 10.3. The molecule has 0 saturated carbocycles. The number of carbonyl (C=O) groups is 3. The van der Waals surface area contributed by atoms with E-state index in [9.17, 15) is 14.4 Å². The molecule has 1 aliphatic rings. The summed E-state index contributed by atoms with van der Waals surface area (Å²) in [4.78, 5) is 36.0. The molecule has 1 saturated heterocycles. The molecular formula is C19H11Cl4N3O4S. The molecule has 0 radical (unpaired) electrons. The lowest BCUT2D eigenvalue weighted by atomic mass is 10.1. The minimum atomic E-state index is -0.653. The second-order valence-electron chi connectivity index (χ2n) is 6.07. The molecule has 0 atom stereocenters. The topological polar surface area (TPSA) is 96.5 Å². The second-order valence-corrected chi connectivity index (χ2v) is 8.11. The van der Waals surface area contributed by atoms with Crippen molar-refractivity contribution in [1.82, 2.24) is 10.6 Å². The van der Waals surface area contributed by atoms with Crippen LogP contribution in [0.5, 0.6) is 5.75 Å². The third-order valence-electron chi connectivity index (χ3n) is 3.83. The van der Waals surface area contributed by atoms with Crippen molar-refractivity contribution in [2.24, 2.45) is 0 Å². The summed E-state index contributed by atoms with van der Waals surface area (Å²) in [5, 5.41) is 7.96. The van der Waals surface area contributed by atoms with Crippen LogP contribution in [0.15, 0.2) is 35.9 Å². The summed E-state index contributed by atoms with van der Waals surface area (Å²) in [6.45, 7) is -0.387. The Kier molecular flexibility index (Phi) is 7.40. The molecule has 1 heterocycles. The van der Waals surface area contributed by atoms with E-state index in [-0.39, 0.29) is 33.1 Å². The van der Waals surface area contributed by atoms with Crippen LogP contribution in [0.4, 0.5) is 5.69 Å². The summed E-state index contributed by atoms with van der Waals surface area (Å²) in [7, 11) is 0. The maximum absolute atomic E-state index is 12.1. The number of rotatable bonds is 5. The van der Waals surface area contributed by atoms with Gasteiger partial charge < -0.3 is 10.1 Å². The Morgan fingerprint density at radius 1 is 0.968 bits per heavy atom. The fourth-order valence-electron chi connectivity index (χ4n) is 2.48. The summed E-state index contributed by atoms with van der Waals surface area (Å²) in [5.41, 5.74) is 0.636. The molecule has 3 rings (SSSR count). The first kappa shape index (κ1) is 23.3. The standard InChI is InChI=1S/C19H11Cl4N3O4S/c20-11-2-1-9(6-12(11)21)24-15(27)7-30-16-13(22)4-8(5-14(16)23)3-10-17(28)25-19(31)26-18(10)29/h1-6H,7H2,(H,24,27)(H2,25,26,28,29,31). The summed E-state index contributed by atoms with van der Waals surface area (Å²) in [5.74, 6) is -1.72. The summed E-state index contributed by atoms with van der Waals surface area (Å²) in [6.07, 6.45) is 1.30. The van der Waals surface area contributed by atoms with E-state index in [0.29, 0.717) is 21.3 Å². The molecule has 1 aliphatic heterocycles. The van der Waals surface area contributed by atoms with Gasteiger partial charge in [0.05, 0.1) is 20.1 Å². The lowest BCUT2D eigenvalue weighted by Gasteiger charge is -2.16. The predicted octanol–water partition coefficient (Wildman–Crippen LogP) is 4.23. The van der Waals surface area contributed by atoms with Crippen LogP contribution in [0, 0.1) is 0 Å². The highest BCUT2D eigenvalue weighted by Crippen LogP contribution is 2.35. The van der Waals surface area contributed by atoms with Crippen LogP contribution in [0.3, 0.4) is 0 Å². The van der Waals surface area contributed by atoms with Crippen molar-refractivity contribution >= 4 is 93.2 Å². The molecule has 160 valence electrons. The number of halogens is 4. The van der Waals surface area contributed by atoms with Crippen LogP contribution in [0.25, 0.3) is 6.08 Å². The normalized spacial score (nSPS) is 13.4. The van der Waals surface area contributed by atoms with Gasteiger partial charge in [-0.1, -0.05) is 46.4 Å². The molecule has 12 heteroatoms. The molecule has 1 fully saturated rings. The van der Waals surface area contributed by atoms with Gasteiger partial charge in [-0.3, -0.25) is 25.0 Å². The number of anilines is 1. The van der Waals surface area contributed by atoms with Crippen molar-refractivity contribution in [3.63, 3.8) is 0 Å². The quantitative estimate of drug-likeness (QED) is 0.312. The van der Waals surface area contributed by atoms with Gasteiger partial charge in [0.1, 0.15) is 5.57 Å². The smallest absolute Gasteiger partial charge is 0.263 e. The van der Waals surface area contributed by atoms with E-state index < -0.39 is 17.7 Å². The van der Waals surface area contributed by atoms with Crippen molar-refractivity contribution < 1.29 is 19.1 Å². The van der Waals surface area contributed by atoms with Crippen molar-refractivity contribution in [2.75, 3.05) is 11.9 Å². The molecule has 0 spiro atoms. The molecular weight excluding hydrogens is 508 g/mol. The van der Waals surface area contributed by atoms with Gasteiger partial charge in [0.2, 0.25) is 0 Å². The SMILES string of the molecule is O=C(COc1c(Cl)cc(C=C2C(=O)NC(=S)NC2=O)cc1Cl)Nc1ccc(Cl)c(Cl)c1. The minimum Gasteiger partial charge on any atom is -0.481 e. The van der Waals surface area contributed by atoms with Crippen LogP contribution < -0.4 is 20.7 Å². The Hall–Kier alpha value is -2.36. The molecule has 2 aromatic carbocycles. The fraction of sp³-hybridized carbons (Fsp3) is 0.0526. The Morgan fingerprint density at radius 3 is 2.16 bits per heavy atom. The molecule has 3 N–H and O–H groups in total. The predicted molar refractivity (Wildman–Crippen MR) is 124 cm³/mol. The highest BCUT2D eigenvalue weighted by molar-refractivity contribution is 7.80. The second kappa shape index (κ2) is 9.84. The van der Waals surface area contributed by atoms with Crippen LogP contribution >= 0.6 is 58.6 Å². The number of hydrogen-bond donors (Lipinski definition) is 3. The van der Waals surface area contributed by atoms with Crippen LogP contribution in [-0.4, -0.2) is 29.4 Å². The minimum absolute atomic E-state index is 0.0634. The van der Waals surface area contributed by atoms with Gasteiger partial charge in [-0.05, 0) is 54.2 Å². The largest absolute Gasteiger partial charge is 0.481 e. The number of hydrogen-bond acceptors (Lipinski definition) is 5. The van der Waals surface area contributed by atoms with Crippen molar-refractivity contribution in [2.45, 2.75) is 0 Å². The number of nitrogens with one attached hydrogen (secondary N) is 3. The zero-order valence-corrected chi connectivity index (χ0v) is 19.1. The number of benzene rings is 2. The maximum atomic E-state index is 12.1. The van der Waals surface area contributed by atoms with Gasteiger partial charge >= 0.3 is 0 Å². The molecule has 31 heavy (non-hydrogen) atoms. The number of ether oxygens (including phenoxy) is 1. The van der Waals surface area contributed by atoms with Gasteiger partial charge in [-0.2, -0.15) is 0 Å². The Balaban J connectivity index is 1.70. The Bertz CT molecular complexity index is 1110.